The topological polar surface area (TPSA) is 78.9 Å². The fraction of sp³-hybridized carbons (Fsp3) is 0.500. The molecule has 0 aliphatic carbocycles. The monoisotopic (exact) mass is 362 g/mol. The first-order chi connectivity index (χ1) is 9.43. The van der Waals surface area contributed by atoms with Gasteiger partial charge in [-0.3, -0.25) is 0 Å². The minimum absolute atomic E-state index is 0.00641. The second-order valence-corrected chi connectivity index (χ2v) is 6.62. The number of carboxylic acids is 1. The zero-order valence-corrected chi connectivity index (χ0v) is 13.3. The van der Waals surface area contributed by atoms with E-state index in [0.29, 0.717) is 13.2 Å². The third-order valence-electron chi connectivity index (χ3n) is 3.14. The molecular formula is C12H15BrN2O4S. The molecule has 1 unspecified atom stereocenters. The Bertz CT molecular complexity index is 513. The van der Waals surface area contributed by atoms with Crippen LogP contribution in [0.2, 0.25) is 0 Å². The average Bonchev–Trinajstić information content (AvgIpc) is 2.99. The fourth-order valence-corrected chi connectivity index (χ4v) is 3.43. The van der Waals surface area contributed by atoms with Crippen molar-refractivity contribution in [1.29, 1.82) is 0 Å². The fourth-order valence-electron chi connectivity index (χ4n) is 1.93. The summed E-state index contributed by atoms with van der Waals surface area (Å²) < 4.78 is 6.08. The van der Waals surface area contributed by atoms with Crippen LogP contribution in [0.3, 0.4) is 0 Å². The Kier molecular flexibility index (Phi) is 4.66. The summed E-state index contributed by atoms with van der Waals surface area (Å²) in [6, 6.07) is 1.52. The van der Waals surface area contributed by atoms with Crippen LogP contribution < -0.4 is 5.32 Å². The van der Waals surface area contributed by atoms with Gasteiger partial charge in [0, 0.05) is 34.8 Å². The summed E-state index contributed by atoms with van der Waals surface area (Å²) in [4.78, 5) is 25.9. The highest BCUT2D eigenvalue weighted by Gasteiger charge is 2.44. The van der Waals surface area contributed by atoms with E-state index in [1.807, 2.05) is 11.4 Å². The van der Waals surface area contributed by atoms with E-state index in [9.17, 15) is 14.7 Å². The first-order valence-electron chi connectivity index (χ1n) is 6.00. The Hall–Kier alpha value is -1.12. The van der Waals surface area contributed by atoms with Crippen molar-refractivity contribution in [3.05, 3.63) is 20.8 Å². The van der Waals surface area contributed by atoms with Gasteiger partial charge in [0.1, 0.15) is 0 Å². The molecule has 0 spiro atoms. The standard InChI is InChI=1S/C12H15BrN2O4S/c1-15(5-9-4-8(13)6-20-9)11(18)14-12(10(16)17)2-3-19-7-12/h4,6H,2-3,5,7H2,1H3,(H,14,18)(H,16,17). The number of carbonyl (C=O) groups is 2. The molecule has 1 atom stereocenters. The van der Waals surface area contributed by atoms with Crippen molar-refractivity contribution in [2.24, 2.45) is 0 Å². The lowest BCUT2D eigenvalue weighted by molar-refractivity contribution is -0.144. The summed E-state index contributed by atoms with van der Waals surface area (Å²) in [7, 11) is 1.63. The van der Waals surface area contributed by atoms with Crippen molar-refractivity contribution >= 4 is 39.3 Å². The van der Waals surface area contributed by atoms with Crippen LogP contribution in [-0.2, 0) is 16.1 Å². The van der Waals surface area contributed by atoms with E-state index >= 15 is 0 Å². The highest BCUT2D eigenvalue weighted by atomic mass is 79.9. The minimum atomic E-state index is -1.30. The maximum Gasteiger partial charge on any atom is 0.332 e. The van der Waals surface area contributed by atoms with Crippen LogP contribution in [0.1, 0.15) is 11.3 Å². The summed E-state index contributed by atoms with van der Waals surface area (Å²) >= 11 is 4.89. The minimum Gasteiger partial charge on any atom is -0.479 e. The van der Waals surface area contributed by atoms with Gasteiger partial charge in [-0.05, 0) is 22.0 Å². The third-order valence-corrected chi connectivity index (χ3v) is 4.82. The van der Waals surface area contributed by atoms with Gasteiger partial charge < -0.3 is 20.1 Å². The molecule has 6 nitrogen and oxygen atoms in total. The molecular weight excluding hydrogens is 348 g/mol. The van der Waals surface area contributed by atoms with Crippen LogP contribution in [-0.4, -0.2) is 47.8 Å². The maximum absolute atomic E-state index is 12.1. The Morgan fingerprint density at radius 3 is 2.90 bits per heavy atom. The van der Waals surface area contributed by atoms with Crippen LogP contribution in [0.5, 0.6) is 0 Å². The molecule has 0 bridgehead atoms. The normalized spacial score (nSPS) is 21.7. The van der Waals surface area contributed by atoms with Gasteiger partial charge in [-0.1, -0.05) is 0 Å². The largest absolute Gasteiger partial charge is 0.479 e. The number of ether oxygens (including phenoxy) is 1. The Morgan fingerprint density at radius 2 is 2.40 bits per heavy atom. The number of hydrogen-bond acceptors (Lipinski definition) is 4. The Balaban J connectivity index is 1.98. The number of carbonyl (C=O) groups excluding carboxylic acids is 1. The van der Waals surface area contributed by atoms with Crippen molar-refractivity contribution in [3.8, 4) is 0 Å². The van der Waals surface area contributed by atoms with Gasteiger partial charge in [-0.15, -0.1) is 11.3 Å². The number of nitrogens with zero attached hydrogens (tertiary/aromatic N) is 1. The van der Waals surface area contributed by atoms with Gasteiger partial charge >= 0.3 is 12.0 Å². The van der Waals surface area contributed by atoms with Crippen LogP contribution in [0, 0.1) is 0 Å². The average molecular weight is 363 g/mol. The molecule has 2 rings (SSSR count). The van der Waals surface area contributed by atoms with Gasteiger partial charge in [-0.2, -0.15) is 0 Å². The molecule has 1 aliphatic heterocycles. The number of thiophene rings is 1. The number of rotatable bonds is 4. The highest BCUT2D eigenvalue weighted by molar-refractivity contribution is 9.10. The van der Waals surface area contributed by atoms with Crippen molar-refractivity contribution in [2.45, 2.75) is 18.5 Å². The Labute approximate surface area is 128 Å². The van der Waals surface area contributed by atoms with Gasteiger partial charge in [0.25, 0.3) is 0 Å². The SMILES string of the molecule is CN(Cc1cc(Br)cs1)C(=O)NC1(C(=O)O)CCOC1. The lowest BCUT2D eigenvalue weighted by Gasteiger charge is -2.27. The third kappa shape index (κ3) is 3.31. The van der Waals surface area contributed by atoms with Crippen LogP contribution in [0.4, 0.5) is 4.79 Å². The van der Waals surface area contributed by atoms with Crippen molar-refractivity contribution < 1.29 is 19.4 Å². The number of urea groups is 1. The molecule has 1 aromatic rings. The first-order valence-corrected chi connectivity index (χ1v) is 7.67. The van der Waals surface area contributed by atoms with Gasteiger partial charge in [0.05, 0.1) is 13.2 Å². The van der Waals surface area contributed by atoms with E-state index in [4.69, 9.17) is 4.74 Å². The smallest absolute Gasteiger partial charge is 0.332 e. The Morgan fingerprint density at radius 1 is 1.65 bits per heavy atom. The van der Waals surface area contributed by atoms with E-state index in [1.54, 1.807) is 7.05 Å². The van der Waals surface area contributed by atoms with Crippen molar-refractivity contribution in [1.82, 2.24) is 10.2 Å². The second kappa shape index (κ2) is 6.11. The van der Waals surface area contributed by atoms with Crippen LogP contribution in [0.15, 0.2) is 15.9 Å². The van der Waals surface area contributed by atoms with Crippen LogP contribution in [0.25, 0.3) is 0 Å². The molecule has 8 heteroatoms. The molecule has 1 aromatic heterocycles. The van der Waals surface area contributed by atoms with E-state index in [-0.39, 0.29) is 13.0 Å². The number of aliphatic carboxylic acids is 1. The van der Waals surface area contributed by atoms with Gasteiger partial charge in [-0.25, -0.2) is 9.59 Å². The number of carboxylic acid groups (broad SMARTS) is 1. The van der Waals surface area contributed by atoms with Gasteiger partial charge in [0.15, 0.2) is 5.54 Å². The number of hydrogen-bond donors (Lipinski definition) is 2. The molecule has 110 valence electrons. The summed E-state index contributed by atoms with van der Waals surface area (Å²) in [6.45, 7) is 0.777. The first kappa shape index (κ1) is 15.3. The van der Waals surface area contributed by atoms with E-state index in [0.717, 1.165) is 9.35 Å². The zero-order chi connectivity index (χ0) is 14.8. The van der Waals surface area contributed by atoms with Gasteiger partial charge in [0.2, 0.25) is 0 Å². The zero-order valence-electron chi connectivity index (χ0n) is 10.9. The van der Waals surface area contributed by atoms with Crippen molar-refractivity contribution in [3.63, 3.8) is 0 Å². The predicted octanol–water partition coefficient (Wildman–Crippen LogP) is 1.90. The van der Waals surface area contributed by atoms with E-state index in [1.165, 1.54) is 16.2 Å². The van der Waals surface area contributed by atoms with E-state index < -0.39 is 17.5 Å². The molecule has 1 aliphatic rings. The molecule has 2 heterocycles. The molecule has 1 saturated heterocycles. The number of nitrogens with one attached hydrogen (secondary N) is 1. The highest BCUT2D eigenvalue weighted by Crippen LogP contribution is 2.22. The molecule has 2 amide bonds. The lowest BCUT2D eigenvalue weighted by atomic mass is 9.99. The molecule has 2 N–H and O–H groups in total. The summed E-state index contributed by atoms with van der Waals surface area (Å²) in [6.07, 6.45) is 0.284. The summed E-state index contributed by atoms with van der Waals surface area (Å²) in [5.41, 5.74) is -1.30. The quantitative estimate of drug-likeness (QED) is 0.857. The number of amides is 2. The summed E-state index contributed by atoms with van der Waals surface area (Å²) in [5, 5.41) is 13.8. The van der Waals surface area contributed by atoms with Crippen LogP contribution >= 0.6 is 27.3 Å². The van der Waals surface area contributed by atoms with Crippen molar-refractivity contribution in [2.75, 3.05) is 20.3 Å². The summed E-state index contributed by atoms with van der Waals surface area (Å²) in [5.74, 6) is -1.06. The molecule has 20 heavy (non-hydrogen) atoms. The predicted molar refractivity (Wildman–Crippen MR) is 77.8 cm³/mol. The maximum atomic E-state index is 12.1. The second-order valence-electron chi connectivity index (χ2n) is 4.71. The molecule has 0 radical (unpaired) electrons. The molecule has 0 saturated carbocycles. The van der Waals surface area contributed by atoms with E-state index in [2.05, 4.69) is 21.2 Å². The lowest BCUT2D eigenvalue weighted by Crippen LogP contribution is -2.57. The number of halogens is 1. The molecule has 1 fully saturated rings. The molecule has 0 aromatic carbocycles.